The molecule has 2 bridgehead atoms. The molecule has 0 amide bonds. The molecule has 31 heavy (non-hydrogen) atoms. The van der Waals surface area contributed by atoms with Gasteiger partial charge in [0.1, 0.15) is 0 Å². The molecule has 1 fully saturated rings. The summed E-state index contributed by atoms with van der Waals surface area (Å²) >= 11 is 1.65. The van der Waals surface area contributed by atoms with Gasteiger partial charge in [-0.2, -0.15) is 0 Å². The first-order chi connectivity index (χ1) is 15.2. The summed E-state index contributed by atoms with van der Waals surface area (Å²) in [6.45, 7) is 4.32. The Labute approximate surface area is 183 Å². The molecule has 8 heteroatoms. The van der Waals surface area contributed by atoms with Gasteiger partial charge in [0.15, 0.2) is 5.76 Å². The number of hydrogen-bond donors (Lipinski definition) is 0. The molecule has 0 radical (unpaired) electrons. The van der Waals surface area contributed by atoms with Crippen LogP contribution in [0.1, 0.15) is 23.7 Å². The Morgan fingerprint density at radius 3 is 2.90 bits per heavy atom. The monoisotopic (exact) mass is 431 g/mol. The fourth-order valence-electron chi connectivity index (χ4n) is 4.86. The van der Waals surface area contributed by atoms with Crippen molar-refractivity contribution in [1.82, 2.24) is 19.7 Å². The summed E-state index contributed by atoms with van der Waals surface area (Å²) in [6.07, 6.45) is 2.95. The number of pyridine rings is 1. The number of anilines is 1. The van der Waals surface area contributed by atoms with E-state index in [1.807, 2.05) is 41.3 Å². The van der Waals surface area contributed by atoms with E-state index in [-0.39, 0.29) is 5.56 Å². The van der Waals surface area contributed by atoms with Crippen molar-refractivity contribution in [3.63, 3.8) is 0 Å². The van der Waals surface area contributed by atoms with Crippen molar-refractivity contribution < 1.29 is 4.52 Å². The van der Waals surface area contributed by atoms with Crippen LogP contribution in [0.25, 0.3) is 21.9 Å². The minimum atomic E-state index is 0.101. The minimum Gasteiger partial charge on any atom is -0.356 e. The Balaban J connectivity index is 1.39. The molecular weight excluding hydrogens is 410 g/mol. The van der Waals surface area contributed by atoms with Gasteiger partial charge in [0.05, 0.1) is 21.8 Å². The molecule has 7 nitrogen and oxygen atoms in total. The largest absolute Gasteiger partial charge is 0.356 e. The number of aryl methyl sites for hydroxylation is 1. The van der Waals surface area contributed by atoms with E-state index in [2.05, 4.69) is 22.2 Å². The third kappa shape index (κ3) is 3.18. The van der Waals surface area contributed by atoms with Crippen LogP contribution in [0.15, 0.2) is 57.3 Å². The molecule has 0 N–H and O–H groups in total. The van der Waals surface area contributed by atoms with Crippen molar-refractivity contribution in [2.45, 2.75) is 25.8 Å². The maximum atomic E-state index is 12.3. The van der Waals surface area contributed by atoms with Crippen molar-refractivity contribution in [3.05, 3.63) is 69.7 Å². The highest BCUT2D eigenvalue weighted by molar-refractivity contribution is 7.13. The molecule has 4 aromatic heterocycles. The Kier molecular flexibility index (Phi) is 4.27. The second kappa shape index (κ2) is 7.16. The molecule has 0 spiro atoms. The van der Waals surface area contributed by atoms with Crippen molar-refractivity contribution in [2.75, 3.05) is 18.0 Å². The second-order valence-corrected chi connectivity index (χ2v) is 9.29. The van der Waals surface area contributed by atoms with Gasteiger partial charge >= 0.3 is 0 Å². The second-order valence-electron chi connectivity index (χ2n) is 8.35. The standard InChI is InChI=1S/C23H21N5O2S/c1-14-8-19(30-26-14)17-10-24-23(25-22(17)20-5-3-7-31-20)27-11-15-9-16(13-27)18-4-2-6-21(29)28(18)12-15/h2-8,10,15-16H,9,11-13H2,1H3/t15-,16+/m1/s1. The summed E-state index contributed by atoms with van der Waals surface area (Å²) in [7, 11) is 0. The number of nitrogens with zero attached hydrogens (tertiary/aromatic N) is 5. The summed E-state index contributed by atoms with van der Waals surface area (Å²) in [5.74, 6) is 2.13. The maximum Gasteiger partial charge on any atom is 0.250 e. The predicted molar refractivity (Wildman–Crippen MR) is 119 cm³/mol. The molecule has 6 rings (SSSR count). The van der Waals surface area contributed by atoms with Gasteiger partial charge in [0, 0.05) is 49.6 Å². The lowest BCUT2D eigenvalue weighted by molar-refractivity contribution is 0.279. The van der Waals surface area contributed by atoms with Crippen LogP contribution in [-0.4, -0.2) is 32.8 Å². The molecule has 1 saturated heterocycles. The fourth-order valence-corrected chi connectivity index (χ4v) is 5.58. The molecule has 156 valence electrons. The molecule has 2 atom stereocenters. The normalized spacial score (nSPS) is 20.0. The highest BCUT2D eigenvalue weighted by Gasteiger charge is 2.35. The highest BCUT2D eigenvalue weighted by Crippen LogP contribution is 2.38. The van der Waals surface area contributed by atoms with Crippen molar-refractivity contribution >= 4 is 17.3 Å². The molecule has 0 unspecified atom stereocenters. The lowest BCUT2D eigenvalue weighted by Gasteiger charge is -2.42. The van der Waals surface area contributed by atoms with Gasteiger partial charge in [0.2, 0.25) is 5.95 Å². The molecule has 0 aromatic carbocycles. The maximum absolute atomic E-state index is 12.3. The third-order valence-electron chi connectivity index (χ3n) is 6.19. The minimum absolute atomic E-state index is 0.101. The van der Waals surface area contributed by atoms with Crippen molar-refractivity contribution in [1.29, 1.82) is 0 Å². The van der Waals surface area contributed by atoms with E-state index in [0.29, 0.717) is 17.6 Å². The summed E-state index contributed by atoms with van der Waals surface area (Å²) < 4.78 is 7.46. The van der Waals surface area contributed by atoms with Crippen LogP contribution in [0.4, 0.5) is 5.95 Å². The van der Waals surface area contributed by atoms with Crippen LogP contribution >= 0.6 is 11.3 Å². The van der Waals surface area contributed by atoms with Crippen LogP contribution in [-0.2, 0) is 6.54 Å². The smallest absolute Gasteiger partial charge is 0.250 e. The van der Waals surface area contributed by atoms with E-state index in [9.17, 15) is 4.79 Å². The van der Waals surface area contributed by atoms with Gasteiger partial charge in [-0.15, -0.1) is 11.3 Å². The van der Waals surface area contributed by atoms with Crippen LogP contribution in [0.5, 0.6) is 0 Å². The molecule has 2 aliphatic rings. The summed E-state index contributed by atoms with van der Waals surface area (Å²) in [5, 5.41) is 6.08. The zero-order valence-corrected chi connectivity index (χ0v) is 17.9. The van der Waals surface area contributed by atoms with Gasteiger partial charge in [-0.1, -0.05) is 17.3 Å². The Bertz CT molecular complexity index is 1310. The van der Waals surface area contributed by atoms with Gasteiger partial charge in [0.25, 0.3) is 5.56 Å². The zero-order chi connectivity index (χ0) is 20.9. The van der Waals surface area contributed by atoms with Gasteiger partial charge in [-0.25, -0.2) is 9.97 Å². The molecule has 6 heterocycles. The molecular formula is C23H21N5O2S. The van der Waals surface area contributed by atoms with Gasteiger partial charge in [-0.05, 0) is 36.8 Å². The first-order valence-corrected chi connectivity index (χ1v) is 11.3. The van der Waals surface area contributed by atoms with E-state index >= 15 is 0 Å². The van der Waals surface area contributed by atoms with Crippen LogP contribution < -0.4 is 10.5 Å². The quantitative estimate of drug-likeness (QED) is 0.489. The number of rotatable bonds is 3. The summed E-state index contributed by atoms with van der Waals surface area (Å²) in [6, 6.07) is 11.6. The first-order valence-electron chi connectivity index (χ1n) is 10.4. The lowest BCUT2D eigenvalue weighted by Crippen LogP contribution is -2.47. The number of piperidine rings is 1. The molecule has 0 aliphatic carbocycles. The third-order valence-corrected chi connectivity index (χ3v) is 7.06. The molecule has 0 saturated carbocycles. The Hall–Kier alpha value is -3.26. The Morgan fingerprint density at radius 2 is 2.10 bits per heavy atom. The van der Waals surface area contributed by atoms with E-state index < -0.39 is 0 Å². The highest BCUT2D eigenvalue weighted by atomic mass is 32.1. The zero-order valence-electron chi connectivity index (χ0n) is 17.1. The molecule has 4 aromatic rings. The lowest BCUT2D eigenvalue weighted by atomic mass is 9.83. The number of hydrogen-bond acceptors (Lipinski definition) is 7. The topological polar surface area (TPSA) is 77.0 Å². The van der Waals surface area contributed by atoms with E-state index in [4.69, 9.17) is 14.5 Å². The number of fused-ring (bicyclic) bond motifs is 4. The average Bonchev–Trinajstić information content (AvgIpc) is 3.46. The summed E-state index contributed by atoms with van der Waals surface area (Å²) in [4.78, 5) is 25.4. The predicted octanol–water partition coefficient (Wildman–Crippen LogP) is 3.95. The Morgan fingerprint density at radius 1 is 1.16 bits per heavy atom. The van der Waals surface area contributed by atoms with E-state index in [0.717, 1.165) is 59.5 Å². The number of aromatic nitrogens is 4. The molecule has 2 aliphatic heterocycles. The van der Waals surface area contributed by atoms with Crippen LogP contribution in [0, 0.1) is 12.8 Å². The number of thiophene rings is 1. The van der Waals surface area contributed by atoms with E-state index in [1.165, 1.54) is 0 Å². The van der Waals surface area contributed by atoms with Gasteiger partial charge < -0.3 is 14.0 Å². The van der Waals surface area contributed by atoms with Crippen LogP contribution in [0.3, 0.4) is 0 Å². The van der Waals surface area contributed by atoms with Crippen molar-refractivity contribution in [2.24, 2.45) is 5.92 Å². The van der Waals surface area contributed by atoms with Gasteiger partial charge in [-0.3, -0.25) is 4.79 Å². The first kappa shape index (κ1) is 18.5. The average molecular weight is 432 g/mol. The van der Waals surface area contributed by atoms with Crippen molar-refractivity contribution in [3.8, 4) is 21.9 Å². The van der Waals surface area contributed by atoms with E-state index in [1.54, 1.807) is 17.4 Å². The van der Waals surface area contributed by atoms with Crippen LogP contribution in [0.2, 0.25) is 0 Å². The summed E-state index contributed by atoms with van der Waals surface area (Å²) in [5.41, 5.74) is 3.77. The fraction of sp³-hybridized carbons (Fsp3) is 0.304. The SMILES string of the molecule is Cc1cc(-c2cnc(N3C[C@H]4C[C@@H](C3)c3cccc(=O)n3C4)nc2-c2cccs2)on1.